The number of hydrogen-bond donors (Lipinski definition) is 1. The summed E-state index contributed by atoms with van der Waals surface area (Å²) in [6.07, 6.45) is 3.94. The minimum absolute atomic E-state index is 0.0603. The molecule has 3 heterocycles. The van der Waals surface area contributed by atoms with E-state index in [1.54, 1.807) is 62.6 Å². The van der Waals surface area contributed by atoms with Gasteiger partial charge in [0.15, 0.2) is 11.8 Å². The fourth-order valence-electron chi connectivity index (χ4n) is 4.66. The van der Waals surface area contributed by atoms with E-state index >= 15 is 0 Å². The Morgan fingerprint density at radius 3 is 2.39 bits per heavy atom. The van der Waals surface area contributed by atoms with Crippen molar-refractivity contribution in [3.63, 3.8) is 0 Å². The molecule has 0 saturated heterocycles. The molecule has 0 aliphatic heterocycles. The van der Waals surface area contributed by atoms with E-state index in [0.29, 0.717) is 34.5 Å². The van der Waals surface area contributed by atoms with Gasteiger partial charge < -0.3 is 18.9 Å². The molecular formula is C27H30N6O5. The van der Waals surface area contributed by atoms with E-state index < -0.39 is 11.9 Å². The predicted molar refractivity (Wildman–Crippen MR) is 137 cm³/mol. The lowest BCUT2D eigenvalue weighted by Crippen LogP contribution is -2.47. The summed E-state index contributed by atoms with van der Waals surface area (Å²) < 4.78 is 16.8. The first-order chi connectivity index (χ1) is 18.4. The van der Waals surface area contributed by atoms with E-state index in [-0.39, 0.29) is 24.3 Å². The first-order valence-electron chi connectivity index (χ1n) is 12.6. The van der Waals surface area contributed by atoms with Gasteiger partial charge in [-0.1, -0.05) is 12.8 Å². The lowest BCUT2D eigenvalue weighted by Gasteiger charge is -2.30. The fraction of sp³-hybridized carbons (Fsp3) is 0.370. The highest BCUT2D eigenvalue weighted by atomic mass is 16.5. The highest BCUT2D eigenvalue weighted by Gasteiger charge is 2.37. The van der Waals surface area contributed by atoms with Crippen molar-refractivity contribution in [1.29, 1.82) is 0 Å². The first-order valence-corrected chi connectivity index (χ1v) is 12.6. The summed E-state index contributed by atoms with van der Waals surface area (Å²) in [6, 6.07) is 13.0. The first kappa shape index (κ1) is 25.2. The second-order valence-corrected chi connectivity index (χ2v) is 9.36. The normalized spacial score (nSPS) is 14.4. The summed E-state index contributed by atoms with van der Waals surface area (Å²) in [6.45, 7) is 3.36. The number of tetrazole rings is 1. The number of ether oxygens (including phenoxy) is 1. The highest BCUT2D eigenvalue weighted by Crippen LogP contribution is 2.32. The molecule has 1 N–H and O–H groups in total. The molecule has 1 aliphatic rings. The number of carbonyl (C=O) groups is 2. The van der Waals surface area contributed by atoms with Crippen molar-refractivity contribution in [2.45, 2.75) is 58.2 Å². The number of nitrogens with zero attached hydrogens (tertiary/aromatic N) is 5. The van der Waals surface area contributed by atoms with Gasteiger partial charge in [-0.25, -0.2) is 0 Å². The lowest BCUT2D eigenvalue weighted by molar-refractivity contribution is -0.128. The predicted octanol–water partition coefficient (Wildman–Crippen LogP) is 3.98. The maximum atomic E-state index is 13.9. The highest BCUT2D eigenvalue weighted by molar-refractivity contribution is 6.01. The number of aromatic nitrogens is 4. The van der Waals surface area contributed by atoms with Crippen LogP contribution in [0.1, 0.15) is 49.0 Å². The van der Waals surface area contributed by atoms with Crippen molar-refractivity contribution >= 4 is 17.5 Å². The molecule has 0 radical (unpaired) electrons. The number of carbonyl (C=O) groups excluding carboxylic acids is 2. The quantitative estimate of drug-likeness (QED) is 0.352. The number of amides is 2. The number of anilines is 1. The summed E-state index contributed by atoms with van der Waals surface area (Å²) in [7, 11) is 1.57. The molecule has 1 fully saturated rings. The Hall–Kier alpha value is -4.41. The Kier molecular flexibility index (Phi) is 7.25. The molecule has 1 aliphatic carbocycles. The molecule has 38 heavy (non-hydrogen) atoms. The van der Waals surface area contributed by atoms with Gasteiger partial charge in [-0.05, 0) is 80.4 Å². The van der Waals surface area contributed by atoms with Gasteiger partial charge in [-0.3, -0.25) is 14.5 Å². The zero-order chi connectivity index (χ0) is 26.6. The maximum absolute atomic E-state index is 13.9. The molecule has 0 spiro atoms. The van der Waals surface area contributed by atoms with Crippen LogP contribution in [0.25, 0.3) is 11.6 Å². The van der Waals surface area contributed by atoms with Gasteiger partial charge in [0.2, 0.25) is 5.82 Å². The van der Waals surface area contributed by atoms with E-state index in [4.69, 9.17) is 13.6 Å². The monoisotopic (exact) mass is 518 g/mol. The molecule has 5 rings (SSSR count). The molecule has 4 aromatic rings. The fourth-order valence-corrected chi connectivity index (χ4v) is 4.66. The molecular weight excluding hydrogens is 488 g/mol. The SMILES string of the molecule is COc1ccc(N(C(=O)Cn2nnc(-c3ccc(C)o3)n2)C(C(=O)NC2CCCC2)c2ccc(C)o2)cc1. The Morgan fingerprint density at radius 2 is 1.76 bits per heavy atom. The largest absolute Gasteiger partial charge is 0.497 e. The van der Waals surface area contributed by atoms with Gasteiger partial charge in [0.25, 0.3) is 11.8 Å². The second-order valence-electron chi connectivity index (χ2n) is 9.36. The van der Waals surface area contributed by atoms with Crippen LogP contribution < -0.4 is 15.0 Å². The van der Waals surface area contributed by atoms with Gasteiger partial charge >= 0.3 is 0 Å². The van der Waals surface area contributed by atoms with Gasteiger partial charge in [0.05, 0.1) is 7.11 Å². The molecule has 2 amide bonds. The third-order valence-corrected chi connectivity index (χ3v) is 6.55. The van der Waals surface area contributed by atoms with Crippen LogP contribution in [-0.2, 0) is 16.1 Å². The molecule has 1 unspecified atom stereocenters. The van der Waals surface area contributed by atoms with Crippen LogP contribution in [0.3, 0.4) is 0 Å². The van der Waals surface area contributed by atoms with Crippen molar-refractivity contribution in [1.82, 2.24) is 25.5 Å². The Bertz CT molecular complexity index is 1400. The Morgan fingerprint density at radius 1 is 1.05 bits per heavy atom. The van der Waals surface area contributed by atoms with Crippen LogP contribution in [0.2, 0.25) is 0 Å². The summed E-state index contributed by atoms with van der Waals surface area (Å²) in [5, 5.41) is 15.5. The average Bonchev–Trinajstić information content (AvgIpc) is 3.72. The zero-order valence-electron chi connectivity index (χ0n) is 21.6. The van der Waals surface area contributed by atoms with Crippen molar-refractivity contribution in [2.75, 3.05) is 12.0 Å². The van der Waals surface area contributed by atoms with E-state index in [1.165, 1.54) is 9.70 Å². The average molecular weight is 519 g/mol. The van der Waals surface area contributed by atoms with Gasteiger partial charge in [-0.15, -0.1) is 10.2 Å². The topological polar surface area (TPSA) is 129 Å². The summed E-state index contributed by atoms with van der Waals surface area (Å²) in [4.78, 5) is 30.2. The maximum Gasteiger partial charge on any atom is 0.251 e. The smallest absolute Gasteiger partial charge is 0.251 e. The van der Waals surface area contributed by atoms with Crippen molar-refractivity contribution in [2.24, 2.45) is 0 Å². The summed E-state index contributed by atoms with van der Waals surface area (Å²) >= 11 is 0. The summed E-state index contributed by atoms with van der Waals surface area (Å²) in [5.74, 6) is 2.31. The molecule has 3 aromatic heterocycles. The number of hydrogen-bond acceptors (Lipinski definition) is 8. The van der Waals surface area contributed by atoms with Crippen molar-refractivity contribution in [3.8, 4) is 17.3 Å². The van der Waals surface area contributed by atoms with E-state index in [0.717, 1.165) is 25.7 Å². The molecule has 11 heteroatoms. The van der Waals surface area contributed by atoms with Crippen molar-refractivity contribution < 1.29 is 23.2 Å². The van der Waals surface area contributed by atoms with Gasteiger partial charge in [0, 0.05) is 11.7 Å². The standard InChI is InChI=1S/C27H30N6O5/c1-17-8-14-22(37-17)25(27(35)28-19-6-4-5-7-19)33(20-10-12-21(36-3)13-11-20)24(34)16-32-30-26(29-31-32)23-15-9-18(2)38-23/h8-15,19,25H,4-7,16H2,1-3H3,(H,28,35). The third kappa shape index (κ3) is 5.46. The number of aryl methyl sites for hydroxylation is 2. The number of benzene rings is 1. The molecule has 0 bridgehead atoms. The number of methoxy groups -OCH3 is 1. The van der Waals surface area contributed by atoms with Crippen LogP contribution in [0, 0.1) is 13.8 Å². The minimum atomic E-state index is -1.04. The molecule has 1 aromatic carbocycles. The Balaban J connectivity index is 1.49. The summed E-state index contributed by atoms with van der Waals surface area (Å²) in [5.41, 5.74) is 0.499. The third-order valence-electron chi connectivity index (χ3n) is 6.55. The number of nitrogens with one attached hydrogen (secondary N) is 1. The lowest BCUT2D eigenvalue weighted by atomic mass is 10.1. The minimum Gasteiger partial charge on any atom is -0.497 e. The van der Waals surface area contributed by atoms with Crippen LogP contribution in [-0.4, -0.2) is 45.2 Å². The van der Waals surface area contributed by atoms with Crippen LogP contribution >= 0.6 is 0 Å². The number of rotatable bonds is 9. The van der Waals surface area contributed by atoms with Crippen LogP contribution in [0.15, 0.2) is 57.4 Å². The molecule has 1 saturated carbocycles. The molecule has 198 valence electrons. The van der Waals surface area contributed by atoms with Crippen LogP contribution in [0.5, 0.6) is 5.75 Å². The molecule has 11 nitrogen and oxygen atoms in total. The van der Waals surface area contributed by atoms with E-state index in [9.17, 15) is 9.59 Å². The second kappa shape index (κ2) is 10.9. The Labute approximate surface area is 219 Å². The van der Waals surface area contributed by atoms with Gasteiger partial charge in [0.1, 0.15) is 29.6 Å². The van der Waals surface area contributed by atoms with E-state index in [2.05, 4.69) is 20.7 Å². The van der Waals surface area contributed by atoms with Crippen molar-refractivity contribution in [3.05, 3.63) is 65.8 Å². The van der Waals surface area contributed by atoms with Gasteiger partial charge in [-0.2, -0.15) is 4.80 Å². The zero-order valence-corrected chi connectivity index (χ0v) is 21.6. The van der Waals surface area contributed by atoms with Crippen LogP contribution in [0.4, 0.5) is 5.69 Å². The molecule has 1 atom stereocenters. The number of furan rings is 2. The van der Waals surface area contributed by atoms with E-state index in [1.807, 2.05) is 6.92 Å².